The number of nitrogens with zero attached hydrogens (tertiary/aromatic N) is 5. The summed E-state index contributed by atoms with van der Waals surface area (Å²) in [4.78, 5) is 8.18. The van der Waals surface area contributed by atoms with Gasteiger partial charge in [0, 0.05) is 26.7 Å². The van der Waals surface area contributed by atoms with Gasteiger partial charge in [0.1, 0.15) is 11.5 Å². The minimum atomic E-state index is 0.804. The summed E-state index contributed by atoms with van der Waals surface area (Å²) >= 11 is 1.64. The molecule has 1 fully saturated rings. The average Bonchev–Trinajstić information content (AvgIpc) is 3.25. The van der Waals surface area contributed by atoms with Gasteiger partial charge in [-0.15, -0.1) is 16.4 Å². The van der Waals surface area contributed by atoms with Crippen molar-refractivity contribution in [1.29, 1.82) is 0 Å². The molecule has 1 aliphatic heterocycles. The van der Waals surface area contributed by atoms with Gasteiger partial charge in [0.05, 0.1) is 35.0 Å². The molecule has 0 unspecified atom stereocenters. The summed E-state index contributed by atoms with van der Waals surface area (Å²) in [6, 6.07) is 10.2. The van der Waals surface area contributed by atoms with E-state index in [1.807, 2.05) is 31.4 Å². The van der Waals surface area contributed by atoms with E-state index in [4.69, 9.17) is 9.72 Å². The number of anilines is 2. The largest absolute Gasteiger partial charge is 0.379 e. The summed E-state index contributed by atoms with van der Waals surface area (Å²) in [5.74, 6) is 0.860. The van der Waals surface area contributed by atoms with Gasteiger partial charge in [0.2, 0.25) is 0 Å². The number of thiophene rings is 1. The lowest BCUT2D eigenvalue weighted by Crippen LogP contribution is -2.35. The van der Waals surface area contributed by atoms with Crippen LogP contribution in [0.25, 0.3) is 10.6 Å². The smallest absolute Gasteiger partial charge is 0.131 e. The SMILES string of the molecule is Cn1cc(-c2ccc(Nc3cccc(CN4CCOCC4)n3)s2)nn1. The van der Waals surface area contributed by atoms with Crippen LogP contribution in [-0.4, -0.2) is 51.2 Å². The minimum Gasteiger partial charge on any atom is -0.379 e. The van der Waals surface area contributed by atoms with Crippen LogP contribution in [0.2, 0.25) is 0 Å². The van der Waals surface area contributed by atoms with Crippen LogP contribution < -0.4 is 5.32 Å². The Labute approximate surface area is 150 Å². The van der Waals surface area contributed by atoms with Crippen molar-refractivity contribution in [2.45, 2.75) is 6.54 Å². The predicted octanol–water partition coefficient (Wildman–Crippen LogP) is 2.51. The Kier molecular flexibility index (Phi) is 4.73. The van der Waals surface area contributed by atoms with Gasteiger partial charge >= 0.3 is 0 Å². The van der Waals surface area contributed by atoms with Crippen LogP contribution in [0, 0.1) is 0 Å². The zero-order chi connectivity index (χ0) is 17.1. The second-order valence-corrected chi connectivity index (χ2v) is 7.05. The van der Waals surface area contributed by atoms with Gasteiger partial charge in [-0.05, 0) is 24.3 Å². The fraction of sp³-hybridized carbons (Fsp3) is 0.353. The highest BCUT2D eigenvalue weighted by molar-refractivity contribution is 7.19. The molecule has 0 saturated carbocycles. The second-order valence-electron chi connectivity index (χ2n) is 5.97. The maximum absolute atomic E-state index is 5.40. The Morgan fingerprint density at radius 1 is 1.20 bits per heavy atom. The molecule has 1 saturated heterocycles. The molecule has 7 nitrogen and oxygen atoms in total. The van der Waals surface area contributed by atoms with E-state index in [0.29, 0.717) is 0 Å². The minimum absolute atomic E-state index is 0.804. The number of nitrogens with one attached hydrogen (secondary N) is 1. The quantitative estimate of drug-likeness (QED) is 0.758. The van der Waals surface area contributed by atoms with Crippen LogP contribution in [0.15, 0.2) is 36.5 Å². The molecule has 0 amide bonds. The zero-order valence-electron chi connectivity index (χ0n) is 14.1. The average molecular weight is 356 g/mol. The third-order valence-corrected chi connectivity index (χ3v) is 5.03. The first-order valence-electron chi connectivity index (χ1n) is 8.26. The lowest BCUT2D eigenvalue weighted by atomic mass is 10.3. The van der Waals surface area contributed by atoms with Crippen LogP contribution in [-0.2, 0) is 18.3 Å². The molecule has 0 atom stereocenters. The van der Waals surface area contributed by atoms with Crippen LogP contribution in [0.1, 0.15) is 5.69 Å². The normalized spacial score (nSPS) is 15.4. The number of hydrogen-bond acceptors (Lipinski definition) is 7. The standard InChI is InChI=1S/C17H20N6OS/c1-22-12-14(20-21-22)15-5-6-17(25-15)19-16-4-2-3-13(18-16)11-23-7-9-24-10-8-23/h2-6,12H,7-11H2,1H3,(H,18,19). The summed E-state index contributed by atoms with van der Waals surface area (Å²) < 4.78 is 7.10. The molecule has 4 heterocycles. The third kappa shape index (κ3) is 4.04. The molecule has 0 radical (unpaired) electrons. The van der Waals surface area contributed by atoms with Crippen molar-refractivity contribution in [3.63, 3.8) is 0 Å². The van der Waals surface area contributed by atoms with Gasteiger partial charge in [-0.1, -0.05) is 11.3 Å². The van der Waals surface area contributed by atoms with Crippen LogP contribution in [0.4, 0.5) is 10.8 Å². The summed E-state index contributed by atoms with van der Waals surface area (Å²) in [6.45, 7) is 4.39. The monoisotopic (exact) mass is 356 g/mol. The number of aryl methyl sites for hydroxylation is 1. The highest BCUT2D eigenvalue weighted by atomic mass is 32.1. The molecule has 4 rings (SSSR count). The van der Waals surface area contributed by atoms with Crippen molar-refractivity contribution >= 4 is 22.2 Å². The van der Waals surface area contributed by atoms with Gasteiger partial charge in [-0.25, -0.2) is 4.98 Å². The molecular formula is C17H20N6OS. The Balaban J connectivity index is 1.44. The highest BCUT2D eigenvalue weighted by Crippen LogP contribution is 2.31. The van der Waals surface area contributed by atoms with E-state index >= 15 is 0 Å². The molecular weight excluding hydrogens is 336 g/mol. The molecule has 1 aliphatic rings. The Hall–Kier alpha value is -2.29. The van der Waals surface area contributed by atoms with E-state index in [1.54, 1.807) is 16.0 Å². The number of hydrogen-bond donors (Lipinski definition) is 1. The van der Waals surface area contributed by atoms with Gasteiger partial charge in [0.25, 0.3) is 0 Å². The maximum atomic E-state index is 5.40. The van der Waals surface area contributed by atoms with E-state index in [1.165, 1.54) is 0 Å². The second kappa shape index (κ2) is 7.30. The number of rotatable bonds is 5. The zero-order valence-corrected chi connectivity index (χ0v) is 14.9. The van der Waals surface area contributed by atoms with Crippen molar-refractivity contribution in [2.24, 2.45) is 7.05 Å². The summed E-state index contributed by atoms with van der Waals surface area (Å²) in [5.41, 5.74) is 1.95. The number of aromatic nitrogens is 4. The van der Waals surface area contributed by atoms with Crippen molar-refractivity contribution in [2.75, 3.05) is 31.6 Å². The molecule has 0 aromatic carbocycles. The molecule has 0 spiro atoms. The molecule has 1 N–H and O–H groups in total. The van der Waals surface area contributed by atoms with E-state index in [9.17, 15) is 0 Å². The van der Waals surface area contributed by atoms with E-state index in [0.717, 1.165) is 59.9 Å². The van der Waals surface area contributed by atoms with Crippen molar-refractivity contribution < 1.29 is 4.74 Å². The lowest BCUT2D eigenvalue weighted by Gasteiger charge is -2.26. The van der Waals surface area contributed by atoms with Crippen molar-refractivity contribution in [3.8, 4) is 10.6 Å². The van der Waals surface area contributed by atoms with Crippen molar-refractivity contribution in [1.82, 2.24) is 24.9 Å². The van der Waals surface area contributed by atoms with Crippen LogP contribution >= 0.6 is 11.3 Å². The molecule has 25 heavy (non-hydrogen) atoms. The molecule has 0 bridgehead atoms. The predicted molar refractivity (Wildman–Crippen MR) is 97.9 cm³/mol. The molecule has 3 aromatic rings. The summed E-state index contributed by atoms with van der Waals surface area (Å²) in [6.07, 6.45) is 1.91. The first-order chi connectivity index (χ1) is 12.3. The summed E-state index contributed by atoms with van der Waals surface area (Å²) in [5, 5.41) is 12.6. The van der Waals surface area contributed by atoms with Gasteiger partial charge in [-0.2, -0.15) is 0 Å². The molecule has 0 aliphatic carbocycles. The fourth-order valence-electron chi connectivity index (χ4n) is 2.75. The number of ether oxygens (including phenoxy) is 1. The fourth-order valence-corrected chi connectivity index (χ4v) is 3.62. The molecule has 8 heteroatoms. The topological polar surface area (TPSA) is 68.1 Å². The first kappa shape index (κ1) is 16.2. The Morgan fingerprint density at radius 3 is 2.88 bits per heavy atom. The van der Waals surface area contributed by atoms with Crippen LogP contribution in [0.5, 0.6) is 0 Å². The molecule has 130 valence electrons. The highest BCUT2D eigenvalue weighted by Gasteiger charge is 2.12. The Bertz CT molecular complexity index is 839. The number of morpholine rings is 1. The third-order valence-electron chi connectivity index (χ3n) is 4.01. The van der Waals surface area contributed by atoms with Gasteiger partial charge in [0.15, 0.2) is 0 Å². The lowest BCUT2D eigenvalue weighted by molar-refractivity contribution is 0.0337. The van der Waals surface area contributed by atoms with Crippen LogP contribution in [0.3, 0.4) is 0 Å². The van der Waals surface area contributed by atoms with E-state index < -0.39 is 0 Å². The first-order valence-corrected chi connectivity index (χ1v) is 9.07. The van der Waals surface area contributed by atoms with Gasteiger partial charge in [-0.3, -0.25) is 9.58 Å². The van der Waals surface area contributed by atoms with E-state index in [2.05, 4.69) is 32.7 Å². The molecule has 3 aromatic heterocycles. The van der Waals surface area contributed by atoms with Crippen molar-refractivity contribution in [3.05, 3.63) is 42.2 Å². The van der Waals surface area contributed by atoms with Gasteiger partial charge < -0.3 is 10.1 Å². The maximum Gasteiger partial charge on any atom is 0.131 e. The van der Waals surface area contributed by atoms with E-state index in [-0.39, 0.29) is 0 Å². The Morgan fingerprint density at radius 2 is 2.08 bits per heavy atom. The summed E-state index contributed by atoms with van der Waals surface area (Å²) in [7, 11) is 1.87. The number of pyridine rings is 1.